The van der Waals surface area contributed by atoms with Crippen LogP contribution in [0.2, 0.25) is 0 Å². The number of esters is 2. The third kappa shape index (κ3) is 4.94. The molecule has 3 rings (SSSR count). The number of carbonyl (C=O) groups excluding carboxylic acids is 3. The number of para-hydroxylation sites is 2. The van der Waals surface area contributed by atoms with Crippen LogP contribution in [0.15, 0.2) is 48.7 Å². The molecule has 2 aromatic carbocycles. The first kappa shape index (κ1) is 22.1. The predicted molar refractivity (Wildman–Crippen MR) is 118 cm³/mol. The summed E-state index contributed by atoms with van der Waals surface area (Å²) < 4.78 is 11.6. The Kier molecular flexibility index (Phi) is 7.07. The number of rotatable bonds is 8. The van der Waals surface area contributed by atoms with Crippen molar-refractivity contribution in [2.24, 2.45) is 0 Å². The molecule has 162 valence electrons. The Bertz CT molecular complexity index is 1090. The van der Waals surface area contributed by atoms with E-state index in [9.17, 15) is 14.4 Å². The van der Waals surface area contributed by atoms with E-state index < -0.39 is 17.8 Å². The molecule has 0 aliphatic rings. The zero-order valence-corrected chi connectivity index (χ0v) is 17.9. The van der Waals surface area contributed by atoms with Crippen LogP contribution in [0, 0.1) is 0 Å². The van der Waals surface area contributed by atoms with Crippen LogP contribution in [0.1, 0.15) is 35.3 Å². The topological polar surface area (TPSA) is 86.6 Å². The van der Waals surface area contributed by atoms with Gasteiger partial charge in [-0.2, -0.15) is 0 Å². The number of ether oxygens (including phenoxy) is 2. The third-order valence-electron chi connectivity index (χ3n) is 5.12. The monoisotopic (exact) mass is 422 g/mol. The highest BCUT2D eigenvalue weighted by Gasteiger charge is 2.18. The number of nitrogens with one attached hydrogen (secondary N) is 1. The molecule has 7 heteroatoms. The molecular weight excluding hydrogens is 396 g/mol. The Morgan fingerprint density at radius 1 is 0.968 bits per heavy atom. The van der Waals surface area contributed by atoms with Crippen molar-refractivity contribution in [1.82, 2.24) is 4.57 Å². The highest BCUT2D eigenvalue weighted by molar-refractivity contribution is 6.04. The van der Waals surface area contributed by atoms with Crippen molar-refractivity contribution in [3.8, 4) is 0 Å². The quantitative estimate of drug-likeness (QED) is 0.559. The molecule has 1 aromatic heterocycles. The molecule has 1 heterocycles. The predicted octanol–water partition coefficient (Wildman–Crippen LogP) is 3.73. The lowest BCUT2D eigenvalue weighted by molar-refractivity contribution is -0.147. The number of aromatic nitrogens is 1. The van der Waals surface area contributed by atoms with Gasteiger partial charge < -0.3 is 19.4 Å². The van der Waals surface area contributed by atoms with E-state index in [1.807, 2.05) is 38.1 Å². The standard InChI is InChI=1S/C24H26N2O5/c1-4-16-9-8-10-17(5-2)23(16)25-21(27)15-31-22(28)14-26-13-19(24(29)30-3)18-11-6-7-12-20(18)26/h6-13H,4-5,14-15H2,1-3H3,(H,25,27). The Morgan fingerprint density at radius 3 is 2.29 bits per heavy atom. The van der Waals surface area contributed by atoms with Crippen LogP contribution in [0.3, 0.4) is 0 Å². The van der Waals surface area contributed by atoms with Gasteiger partial charge in [0.1, 0.15) is 6.54 Å². The summed E-state index contributed by atoms with van der Waals surface area (Å²) in [5.74, 6) is -1.45. The SMILES string of the molecule is CCc1cccc(CC)c1NC(=O)COC(=O)Cn1cc(C(=O)OC)c2ccccc21. The first-order chi connectivity index (χ1) is 15.0. The number of methoxy groups -OCH3 is 1. The van der Waals surface area contributed by atoms with Gasteiger partial charge in [-0.25, -0.2) is 4.79 Å². The van der Waals surface area contributed by atoms with E-state index in [1.165, 1.54) is 7.11 Å². The van der Waals surface area contributed by atoms with Gasteiger partial charge >= 0.3 is 11.9 Å². The maximum Gasteiger partial charge on any atom is 0.340 e. The summed E-state index contributed by atoms with van der Waals surface area (Å²) in [6, 6.07) is 13.1. The summed E-state index contributed by atoms with van der Waals surface area (Å²) in [6.07, 6.45) is 3.13. The molecule has 0 saturated heterocycles. The average molecular weight is 422 g/mol. The van der Waals surface area contributed by atoms with Gasteiger partial charge in [-0.3, -0.25) is 9.59 Å². The summed E-state index contributed by atoms with van der Waals surface area (Å²) in [6.45, 7) is 3.53. The van der Waals surface area contributed by atoms with Crippen LogP contribution in [0.25, 0.3) is 10.9 Å². The minimum atomic E-state index is -0.577. The summed E-state index contributed by atoms with van der Waals surface area (Å²) in [7, 11) is 1.31. The molecule has 7 nitrogen and oxygen atoms in total. The van der Waals surface area contributed by atoms with E-state index in [2.05, 4.69) is 5.32 Å². The fourth-order valence-electron chi connectivity index (χ4n) is 3.56. The first-order valence-corrected chi connectivity index (χ1v) is 10.2. The Labute approximate surface area is 181 Å². The minimum Gasteiger partial charge on any atom is -0.465 e. The Balaban J connectivity index is 1.66. The van der Waals surface area contributed by atoms with Gasteiger partial charge in [0.2, 0.25) is 0 Å². The lowest BCUT2D eigenvalue weighted by Gasteiger charge is -2.14. The van der Waals surface area contributed by atoms with E-state index >= 15 is 0 Å². The van der Waals surface area contributed by atoms with Crippen molar-refractivity contribution in [3.05, 3.63) is 65.4 Å². The second kappa shape index (κ2) is 9.93. The van der Waals surface area contributed by atoms with Crippen LogP contribution >= 0.6 is 0 Å². The number of amides is 1. The van der Waals surface area contributed by atoms with Gasteiger partial charge in [-0.05, 0) is 30.0 Å². The van der Waals surface area contributed by atoms with E-state index in [1.54, 1.807) is 29.0 Å². The van der Waals surface area contributed by atoms with Crippen molar-refractivity contribution in [2.45, 2.75) is 33.2 Å². The highest BCUT2D eigenvalue weighted by Crippen LogP contribution is 2.23. The van der Waals surface area contributed by atoms with Crippen LogP contribution in [0.5, 0.6) is 0 Å². The van der Waals surface area contributed by atoms with Gasteiger partial charge in [-0.15, -0.1) is 0 Å². The average Bonchev–Trinajstić information content (AvgIpc) is 3.15. The molecule has 0 aliphatic carbocycles. The molecule has 0 aliphatic heterocycles. The number of anilines is 1. The molecule has 0 bridgehead atoms. The summed E-state index contributed by atoms with van der Waals surface area (Å²) in [5.41, 5.74) is 3.93. The number of hydrogen-bond acceptors (Lipinski definition) is 5. The fraction of sp³-hybridized carbons (Fsp3) is 0.292. The first-order valence-electron chi connectivity index (χ1n) is 10.2. The number of carbonyl (C=O) groups is 3. The van der Waals surface area contributed by atoms with Crippen LogP contribution in [0.4, 0.5) is 5.69 Å². The second-order valence-electron chi connectivity index (χ2n) is 7.05. The third-order valence-corrected chi connectivity index (χ3v) is 5.12. The number of nitrogens with zero attached hydrogens (tertiary/aromatic N) is 1. The number of hydrogen-bond donors (Lipinski definition) is 1. The molecule has 0 atom stereocenters. The number of benzene rings is 2. The van der Waals surface area contributed by atoms with Gasteiger partial charge in [0.25, 0.3) is 5.91 Å². The van der Waals surface area contributed by atoms with Gasteiger partial charge in [0.15, 0.2) is 6.61 Å². The van der Waals surface area contributed by atoms with E-state index in [-0.39, 0.29) is 13.2 Å². The highest BCUT2D eigenvalue weighted by atomic mass is 16.5. The molecule has 1 N–H and O–H groups in total. The molecular formula is C24H26N2O5. The molecule has 0 fully saturated rings. The molecule has 0 unspecified atom stereocenters. The zero-order valence-electron chi connectivity index (χ0n) is 17.9. The smallest absolute Gasteiger partial charge is 0.340 e. The molecule has 0 saturated carbocycles. The van der Waals surface area contributed by atoms with Crippen molar-refractivity contribution < 1.29 is 23.9 Å². The van der Waals surface area contributed by atoms with Crippen molar-refractivity contribution in [1.29, 1.82) is 0 Å². The molecule has 0 spiro atoms. The normalized spacial score (nSPS) is 10.7. The summed E-state index contributed by atoms with van der Waals surface area (Å²) in [5, 5.41) is 3.56. The Hall–Kier alpha value is -3.61. The molecule has 3 aromatic rings. The maximum absolute atomic E-state index is 12.4. The Morgan fingerprint density at radius 2 is 1.65 bits per heavy atom. The van der Waals surface area contributed by atoms with E-state index in [0.29, 0.717) is 16.5 Å². The van der Waals surface area contributed by atoms with Crippen LogP contribution < -0.4 is 5.32 Å². The summed E-state index contributed by atoms with van der Waals surface area (Å²) in [4.78, 5) is 36.8. The lowest BCUT2D eigenvalue weighted by atomic mass is 10.0. The van der Waals surface area contributed by atoms with Crippen LogP contribution in [-0.2, 0) is 38.4 Å². The van der Waals surface area contributed by atoms with E-state index in [0.717, 1.165) is 29.7 Å². The fourth-order valence-corrected chi connectivity index (χ4v) is 3.56. The zero-order chi connectivity index (χ0) is 22.4. The second-order valence-corrected chi connectivity index (χ2v) is 7.05. The number of fused-ring (bicyclic) bond motifs is 1. The van der Waals surface area contributed by atoms with Crippen molar-refractivity contribution in [3.63, 3.8) is 0 Å². The van der Waals surface area contributed by atoms with Gasteiger partial charge in [0.05, 0.1) is 12.7 Å². The number of aryl methyl sites for hydroxylation is 2. The van der Waals surface area contributed by atoms with E-state index in [4.69, 9.17) is 9.47 Å². The summed E-state index contributed by atoms with van der Waals surface area (Å²) >= 11 is 0. The molecule has 31 heavy (non-hydrogen) atoms. The minimum absolute atomic E-state index is 0.128. The van der Waals surface area contributed by atoms with Crippen LogP contribution in [-0.4, -0.2) is 36.1 Å². The van der Waals surface area contributed by atoms with Gasteiger partial charge in [-0.1, -0.05) is 50.2 Å². The maximum atomic E-state index is 12.4. The van der Waals surface area contributed by atoms with Crippen molar-refractivity contribution in [2.75, 3.05) is 19.0 Å². The lowest BCUT2D eigenvalue weighted by Crippen LogP contribution is -2.24. The molecule has 0 radical (unpaired) electrons. The largest absolute Gasteiger partial charge is 0.465 e. The van der Waals surface area contributed by atoms with Crippen molar-refractivity contribution >= 4 is 34.4 Å². The van der Waals surface area contributed by atoms with Gasteiger partial charge in [0, 0.05) is 22.8 Å². The molecule has 1 amide bonds.